The van der Waals surface area contributed by atoms with E-state index in [0.29, 0.717) is 19.5 Å². The summed E-state index contributed by atoms with van der Waals surface area (Å²) in [7, 11) is 0. The Morgan fingerprint density at radius 3 is 3.00 bits per heavy atom. The van der Waals surface area contributed by atoms with E-state index in [1.54, 1.807) is 4.90 Å². The van der Waals surface area contributed by atoms with Crippen LogP contribution in [0.1, 0.15) is 19.8 Å². The fourth-order valence-corrected chi connectivity index (χ4v) is 1.56. The Labute approximate surface area is 78.7 Å². The number of hydrogen-bond donors (Lipinski definition) is 1. The van der Waals surface area contributed by atoms with Gasteiger partial charge in [0.25, 0.3) is 0 Å². The third-order valence-corrected chi connectivity index (χ3v) is 2.47. The van der Waals surface area contributed by atoms with Crippen LogP contribution >= 0.6 is 0 Å². The highest BCUT2D eigenvalue weighted by Gasteiger charge is 2.26. The summed E-state index contributed by atoms with van der Waals surface area (Å²) in [4.78, 5) is 13.1. The zero-order valence-corrected chi connectivity index (χ0v) is 7.86. The molecule has 0 aromatic rings. The molecule has 72 valence electrons. The number of aliphatic hydroxyl groups is 1. The number of amides is 1. The van der Waals surface area contributed by atoms with Gasteiger partial charge in [0.1, 0.15) is 0 Å². The zero-order chi connectivity index (χ0) is 9.84. The third kappa shape index (κ3) is 2.46. The Morgan fingerprint density at radius 1 is 1.77 bits per heavy atom. The molecular weight excluding hydrogens is 166 g/mol. The van der Waals surface area contributed by atoms with Gasteiger partial charge in [-0.1, -0.05) is 12.8 Å². The lowest BCUT2D eigenvalue weighted by molar-refractivity contribution is -0.133. The van der Waals surface area contributed by atoms with E-state index in [4.69, 9.17) is 6.42 Å². The smallest absolute Gasteiger partial charge is 0.234 e. The molecule has 1 saturated heterocycles. The van der Waals surface area contributed by atoms with Crippen LogP contribution in [-0.4, -0.2) is 35.1 Å². The normalized spacial score (nSPS) is 28.2. The van der Waals surface area contributed by atoms with Crippen molar-refractivity contribution in [3.05, 3.63) is 0 Å². The number of piperidine rings is 1. The lowest BCUT2D eigenvalue weighted by Crippen LogP contribution is -2.44. The molecule has 2 atom stereocenters. The van der Waals surface area contributed by atoms with Gasteiger partial charge in [0.2, 0.25) is 5.91 Å². The summed E-state index contributed by atoms with van der Waals surface area (Å²) in [5.74, 6) is 2.50. The van der Waals surface area contributed by atoms with Gasteiger partial charge in [0.15, 0.2) is 0 Å². The third-order valence-electron chi connectivity index (χ3n) is 2.47. The monoisotopic (exact) mass is 181 g/mol. The van der Waals surface area contributed by atoms with Gasteiger partial charge >= 0.3 is 0 Å². The second-order valence-corrected chi connectivity index (χ2v) is 3.55. The van der Waals surface area contributed by atoms with Gasteiger partial charge in [-0.3, -0.25) is 4.79 Å². The van der Waals surface area contributed by atoms with Crippen LogP contribution in [0.25, 0.3) is 0 Å². The summed E-state index contributed by atoms with van der Waals surface area (Å²) in [6.45, 7) is 3.20. The molecular formula is C10H15NO2. The van der Waals surface area contributed by atoms with E-state index in [0.717, 1.165) is 0 Å². The molecule has 1 amide bonds. The van der Waals surface area contributed by atoms with Gasteiger partial charge < -0.3 is 10.0 Å². The molecule has 0 saturated carbocycles. The van der Waals surface area contributed by atoms with Crippen molar-refractivity contribution < 1.29 is 9.90 Å². The molecule has 0 aliphatic carbocycles. The number of aliphatic hydroxyl groups excluding tert-OH is 1. The molecule has 0 spiro atoms. The first-order valence-electron chi connectivity index (χ1n) is 4.54. The van der Waals surface area contributed by atoms with E-state index in [1.807, 2.05) is 6.92 Å². The van der Waals surface area contributed by atoms with Crippen molar-refractivity contribution in [2.75, 3.05) is 13.1 Å². The predicted octanol–water partition coefficient (Wildman–Crippen LogP) is 0.239. The standard InChI is InChI=1S/C10H15NO2/c1-3-4-10(13)11-6-5-9(12)8(2)7-11/h1,8-9,12H,4-7H2,2H3. The summed E-state index contributed by atoms with van der Waals surface area (Å²) < 4.78 is 0. The first kappa shape index (κ1) is 10.1. The highest BCUT2D eigenvalue weighted by atomic mass is 16.3. The molecule has 0 aromatic carbocycles. The lowest BCUT2D eigenvalue weighted by Gasteiger charge is -2.34. The van der Waals surface area contributed by atoms with Crippen LogP contribution < -0.4 is 0 Å². The maximum absolute atomic E-state index is 11.4. The molecule has 0 radical (unpaired) electrons. The quantitative estimate of drug-likeness (QED) is 0.589. The molecule has 1 aliphatic rings. The average Bonchev–Trinajstić information content (AvgIpc) is 2.10. The largest absolute Gasteiger partial charge is 0.393 e. The van der Waals surface area contributed by atoms with Gasteiger partial charge in [0, 0.05) is 13.1 Å². The Morgan fingerprint density at radius 2 is 2.46 bits per heavy atom. The van der Waals surface area contributed by atoms with Crippen LogP contribution in [0.5, 0.6) is 0 Å². The van der Waals surface area contributed by atoms with E-state index < -0.39 is 0 Å². The maximum atomic E-state index is 11.4. The van der Waals surface area contributed by atoms with Gasteiger partial charge in [-0.25, -0.2) is 0 Å². The van der Waals surface area contributed by atoms with E-state index in [1.165, 1.54) is 0 Å². The van der Waals surface area contributed by atoms with Gasteiger partial charge in [-0.05, 0) is 12.3 Å². The number of hydrogen-bond acceptors (Lipinski definition) is 2. The Kier molecular flexibility index (Phi) is 3.32. The van der Waals surface area contributed by atoms with Gasteiger partial charge in [-0.15, -0.1) is 6.42 Å². The van der Waals surface area contributed by atoms with Crippen molar-refractivity contribution in [1.82, 2.24) is 4.90 Å². The van der Waals surface area contributed by atoms with Crippen LogP contribution in [0.4, 0.5) is 0 Å². The SMILES string of the molecule is C#CCC(=O)N1CCC(O)C(C)C1. The maximum Gasteiger partial charge on any atom is 0.234 e. The molecule has 3 heteroatoms. The fourth-order valence-electron chi connectivity index (χ4n) is 1.56. The molecule has 0 bridgehead atoms. The van der Waals surface area contributed by atoms with Gasteiger partial charge in [-0.2, -0.15) is 0 Å². The zero-order valence-electron chi connectivity index (χ0n) is 7.86. The average molecular weight is 181 g/mol. The Hall–Kier alpha value is -1.01. The number of nitrogens with zero attached hydrogens (tertiary/aromatic N) is 1. The van der Waals surface area contributed by atoms with Crippen molar-refractivity contribution in [2.45, 2.75) is 25.9 Å². The Bertz CT molecular complexity index is 232. The molecule has 1 fully saturated rings. The highest BCUT2D eigenvalue weighted by molar-refractivity contribution is 5.78. The number of likely N-dealkylation sites (tertiary alicyclic amines) is 1. The first-order chi connectivity index (χ1) is 6.15. The first-order valence-corrected chi connectivity index (χ1v) is 4.54. The van der Waals surface area contributed by atoms with E-state index in [2.05, 4.69) is 5.92 Å². The van der Waals surface area contributed by atoms with Crippen LogP contribution in [0.15, 0.2) is 0 Å². The molecule has 2 unspecified atom stereocenters. The van der Waals surface area contributed by atoms with Crippen LogP contribution in [-0.2, 0) is 4.79 Å². The summed E-state index contributed by atoms with van der Waals surface area (Å²) in [6, 6.07) is 0. The summed E-state index contributed by atoms with van der Waals surface area (Å²) in [6.07, 6.45) is 5.62. The number of terminal acetylenes is 1. The molecule has 3 nitrogen and oxygen atoms in total. The molecule has 13 heavy (non-hydrogen) atoms. The van der Waals surface area contributed by atoms with Gasteiger partial charge in [0.05, 0.1) is 12.5 Å². The predicted molar refractivity (Wildman–Crippen MR) is 49.8 cm³/mol. The number of rotatable bonds is 1. The highest BCUT2D eigenvalue weighted by Crippen LogP contribution is 2.16. The van der Waals surface area contributed by atoms with Crippen LogP contribution in [0, 0.1) is 18.3 Å². The second kappa shape index (κ2) is 4.29. The minimum Gasteiger partial charge on any atom is -0.393 e. The van der Waals surface area contributed by atoms with Crippen LogP contribution in [0.3, 0.4) is 0 Å². The van der Waals surface area contributed by atoms with Crippen LogP contribution in [0.2, 0.25) is 0 Å². The molecule has 0 aromatic heterocycles. The van der Waals surface area contributed by atoms with E-state index in [-0.39, 0.29) is 24.3 Å². The van der Waals surface area contributed by atoms with E-state index in [9.17, 15) is 9.90 Å². The number of carbonyl (C=O) groups excluding carboxylic acids is 1. The van der Waals surface area contributed by atoms with Crippen molar-refractivity contribution in [1.29, 1.82) is 0 Å². The Balaban J connectivity index is 2.46. The molecule has 1 rings (SSSR count). The number of carbonyl (C=O) groups is 1. The van der Waals surface area contributed by atoms with Crippen molar-refractivity contribution in [3.63, 3.8) is 0 Å². The minimum atomic E-state index is -0.269. The summed E-state index contributed by atoms with van der Waals surface area (Å²) in [5.41, 5.74) is 0. The minimum absolute atomic E-state index is 0.00116. The van der Waals surface area contributed by atoms with E-state index >= 15 is 0 Å². The van der Waals surface area contributed by atoms with Crippen molar-refractivity contribution in [2.24, 2.45) is 5.92 Å². The lowest BCUT2D eigenvalue weighted by atomic mass is 9.96. The summed E-state index contributed by atoms with van der Waals surface area (Å²) in [5, 5.41) is 9.43. The molecule has 1 aliphatic heterocycles. The molecule has 1 N–H and O–H groups in total. The van der Waals surface area contributed by atoms with Crippen molar-refractivity contribution >= 4 is 5.91 Å². The second-order valence-electron chi connectivity index (χ2n) is 3.55. The van der Waals surface area contributed by atoms with Crippen molar-refractivity contribution in [3.8, 4) is 12.3 Å². The fraction of sp³-hybridized carbons (Fsp3) is 0.700. The summed E-state index contributed by atoms with van der Waals surface area (Å²) >= 11 is 0. The topological polar surface area (TPSA) is 40.5 Å². The molecule has 1 heterocycles.